The topological polar surface area (TPSA) is 50.4 Å². The second kappa shape index (κ2) is 4.28. The highest BCUT2D eigenvalue weighted by Crippen LogP contribution is 2.20. The zero-order valence-electron chi connectivity index (χ0n) is 8.58. The molecule has 0 bridgehead atoms. The first-order valence-corrected chi connectivity index (χ1v) is 5.40. The van der Waals surface area contributed by atoms with Crippen LogP contribution in [0.2, 0.25) is 0 Å². The summed E-state index contributed by atoms with van der Waals surface area (Å²) >= 11 is 0. The van der Waals surface area contributed by atoms with E-state index >= 15 is 0 Å². The number of carbonyl (C=O) groups is 1. The monoisotopic (exact) mass is 198 g/mol. The van der Waals surface area contributed by atoms with E-state index < -0.39 is 0 Å². The van der Waals surface area contributed by atoms with Crippen molar-refractivity contribution < 1.29 is 9.53 Å². The molecule has 0 aliphatic carbocycles. The van der Waals surface area contributed by atoms with Crippen LogP contribution in [0.15, 0.2) is 0 Å². The molecule has 1 amide bonds. The Morgan fingerprint density at radius 3 is 2.93 bits per heavy atom. The molecule has 2 N–H and O–H groups in total. The molecule has 2 unspecified atom stereocenters. The van der Waals surface area contributed by atoms with Gasteiger partial charge in [0.2, 0.25) is 5.91 Å². The molecule has 80 valence electrons. The summed E-state index contributed by atoms with van der Waals surface area (Å²) in [5.74, 6) is 0.438. The van der Waals surface area contributed by atoms with Gasteiger partial charge in [0.25, 0.3) is 0 Å². The highest BCUT2D eigenvalue weighted by Gasteiger charge is 2.32. The van der Waals surface area contributed by atoms with Crippen LogP contribution in [0.3, 0.4) is 0 Å². The molecular formula is C10H18N2O2. The van der Waals surface area contributed by atoms with Crippen molar-refractivity contribution in [3.63, 3.8) is 0 Å². The van der Waals surface area contributed by atoms with Gasteiger partial charge >= 0.3 is 0 Å². The Hall–Kier alpha value is -0.610. The van der Waals surface area contributed by atoms with Crippen molar-refractivity contribution in [3.8, 4) is 0 Å². The fourth-order valence-corrected chi connectivity index (χ4v) is 2.09. The van der Waals surface area contributed by atoms with Gasteiger partial charge in [-0.2, -0.15) is 0 Å². The number of hydrogen-bond acceptors (Lipinski definition) is 3. The van der Waals surface area contributed by atoms with E-state index in [-0.39, 0.29) is 12.0 Å². The van der Waals surface area contributed by atoms with Crippen LogP contribution in [0.4, 0.5) is 0 Å². The maximum Gasteiger partial charge on any atom is 0.249 e. The van der Waals surface area contributed by atoms with Crippen LogP contribution in [0.5, 0.6) is 0 Å². The predicted octanol–water partition coefficient (Wildman–Crippen LogP) is -0.110. The Morgan fingerprint density at radius 1 is 1.50 bits per heavy atom. The lowest BCUT2D eigenvalue weighted by Crippen LogP contribution is -2.43. The summed E-state index contributed by atoms with van der Waals surface area (Å²) < 4.78 is 5.40. The molecule has 14 heavy (non-hydrogen) atoms. The van der Waals surface area contributed by atoms with Gasteiger partial charge in [0.1, 0.15) is 6.10 Å². The van der Waals surface area contributed by atoms with Crippen LogP contribution in [0.1, 0.15) is 19.8 Å². The van der Waals surface area contributed by atoms with E-state index in [4.69, 9.17) is 4.74 Å². The third kappa shape index (κ3) is 2.07. The molecule has 0 radical (unpaired) electrons. The van der Waals surface area contributed by atoms with E-state index in [2.05, 4.69) is 17.6 Å². The number of carbonyl (C=O) groups excluding carboxylic acids is 1. The first-order valence-electron chi connectivity index (χ1n) is 5.40. The molecule has 2 rings (SSSR count). The summed E-state index contributed by atoms with van der Waals surface area (Å²) in [4.78, 5) is 11.7. The van der Waals surface area contributed by atoms with Gasteiger partial charge in [-0.15, -0.1) is 0 Å². The SMILES string of the molecule is CC1CCOC1C(=O)N[C@@H]1CCNC1. The van der Waals surface area contributed by atoms with Gasteiger partial charge in [0.05, 0.1) is 0 Å². The number of hydrogen-bond donors (Lipinski definition) is 2. The van der Waals surface area contributed by atoms with E-state index in [1.165, 1.54) is 0 Å². The number of rotatable bonds is 2. The van der Waals surface area contributed by atoms with Gasteiger partial charge < -0.3 is 15.4 Å². The lowest BCUT2D eigenvalue weighted by atomic mass is 10.0. The fourth-order valence-electron chi connectivity index (χ4n) is 2.09. The van der Waals surface area contributed by atoms with Crippen molar-refractivity contribution >= 4 is 5.91 Å². The molecule has 0 aromatic carbocycles. The van der Waals surface area contributed by atoms with Crippen molar-refractivity contribution in [2.45, 2.75) is 31.9 Å². The molecule has 2 aliphatic heterocycles. The van der Waals surface area contributed by atoms with Crippen LogP contribution >= 0.6 is 0 Å². The van der Waals surface area contributed by atoms with E-state index in [9.17, 15) is 4.79 Å². The lowest BCUT2D eigenvalue weighted by molar-refractivity contribution is -0.132. The van der Waals surface area contributed by atoms with Crippen LogP contribution in [0, 0.1) is 5.92 Å². The molecule has 0 aromatic heterocycles. The normalized spacial score (nSPS) is 37.4. The third-order valence-corrected chi connectivity index (χ3v) is 3.05. The second-order valence-corrected chi connectivity index (χ2v) is 4.26. The second-order valence-electron chi connectivity index (χ2n) is 4.26. The fraction of sp³-hybridized carbons (Fsp3) is 0.900. The zero-order chi connectivity index (χ0) is 9.97. The molecule has 2 fully saturated rings. The molecule has 0 spiro atoms. The molecular weight excluding hydrogens is 180 g/mol. The Morgan fingerprint density at radius 2 is 2.36 bits per heavy atom. The van der Waals surface area contributed by atoms with Crippen LogP contribution < -0.4 is 10.6 Å². The average molecular weight is 198 g/mol. The van der Waals surface area contributed by atoms with Crippen molar-refractivity contribution in [2.75, 3.05) is 19.7 Å². The van der Waals surface area contributed by atoms with Crippen molar-refractivity contribution in [2.24, 2.45) is 5.92 Å². The highest BCUT2D eigenvalue weighted by atomic mass is 16.5. The van der Waals surface area contributed by atoms with Crippen molar-refractivity contribution in [1.29, 1.82) is 0 Å². The number of ether oxygens (including phenoxy) is 1. The maximum absolute atomic E-state index is 11.7. The summed E-state index contributed by atoms with van der Waals surface area (Å²) in [5.41, 5.74) is 0. The molecule has 0 aromatic rings. The third-order valence-electron chi connectivity index (χ3n) is 3.05. The molecule has 2 saturated heterocycles. The molecule has 2 aliphatic rings. The summed E-state index contributed by atoms with van der Waals surface area (Å²) in [6.45, 7) is 4.70. The smallest absolute Gasteiger partial charge is 0.249 e. The average Bonchev–Trinajstić information content (AvgIpc) is 2.75. The first kappa shape index (κ1) is 9.93. The Labute approximate surface area is 84.4 Å². The van der Waals surface area contributed by atoms with Crippen LogP contribution in [0.25, 0.3) is 0 Å². The van der Waals surface area contributed by atoms with Gasteiger partial charge in [0.15, 0.2) is 0 Å². The molecule has 2 heterocycles. The highest BCUT2D eigenvalue weighted by molar-refractivity contribution is 5.81. The van der Waals surface area contributed by atoms with E-state index in [1.807, 2.05) is 0 Å². The van der Waals surface area contributed by atoms with E-state index in [0.717, 1.165) is 32.5 Å². The Bertz CT molecular complexity index is 214. The zero-order valence-corrected chi connectivity index (χ0v) is 8.58. The largest absolute Gasteiger partial charge is 0.368 e. The first-order chi connectivity index (χ1) is 6.77. The van der Waals surface area contributed by atoms with Crippen molar-refractivity contribution in [3.05, 3.63) is 0 Å². The lowest BCUT2D eigenvalue weighted by Gasteiger charge is -2.17. The van der Waals surface area contributed by atoms with Crippen LogP contribution in [-0.2, 0) is 9.53 Å². The maximum atomic E-state index is 11.7. The van der Waals surface area contributed by atoms with Crippen LogP contribution in [-0.4, -0.2) is 37.7 Å². The predicted molar refractivity (Wildman–Crippen MR) is 52.9 cm³/mol. The summed E-state index contributed by atoms with van der Waals surface area (Å²) in [6, 6.07) is 0.305. The van der Waals surface area contributed by atoms with Crippen molar-refractivity contribution in [1.82, 2.24) is 10.6 Å². The standard InChI is InChI=1S/C10H18N2O2/c1-7-3-5-14-9(7)10(13)12-8-2-4-11-6-8/h7-9,11H,2-6H2,1H3,(H,12,13)/t7?,8-,9?/m1/s1. The summed E-state index contributed by atoms with van der Waals surface area (Å²) in [5, 5.41) is 6.25. The number of amides is 1. The number of nitrogens with one attached hydrogen (secondary N) is 2. The quantitative estimate of drug-likeness (QED) is 0.651. The van der Waals surface area contributed by atoms with E-state index in [0.29, 0.717) is 12.0 Å². The molecule has 0 saturated carbocycles. The Kier molecular flexibility index (Phi) is 3.03. The minimum Gasteiger partial charge on any atom is -0.368 e. The molecule has 3 atom stereocenters. The molecule has 4 nitrogen and oxygen atoms in total. The minimum absolute atomic E-state index is 0.0729. The summed E-state index contributed by atoms with van der Waals surface area (Å²) in [6.07, 6.45) is 1.82. The van der Waals surface area contributed by atoms with Gasteiger partial charge in [0, 0.05) is 19.2 Å². The minimum atomic E-state index is -0.212. The Balaban J connectivity index is 1.82. The van der Waals surface area contributed by atoms with Gasteiger partial charge in [-0.25, -0.2) is 0 Å². The van der Waals surface area contributed by atoms with Gasteiger partial charge in [-0.3, -0.25) is 4.79 Å². The van der Waals surface area contributed by atoms with E-state index in [1.54, 1.807) is 0 Å². The summed E-state index contributed by atoms with van der Waals surface area (Å²) in [7, 11) is 0. The molecule has 4 heteroatoms. The van der Waals surface area contributed by atoms with Gasteiger partial charge in [-0.1, -0.05) is 6.92 Å². The van der Waals surface area contributed by atoms with Gasteiger partial charge in [-0.05, 0) is 25.3 Å².